The fourth-order valence-corrected chi connectivity index (χ4v) is 4.58. The fraction of sp³-hybridized carbons (Fsp3) is 0.222. The topological polar surface area (TPSA) is 69.0 Å². The largest absolute Gasteiger partial charge is 0.493 e. The summed E-state index contributed by atoms with van der Waals surface area (Å²) in [5.41, 5.74) is 0.922. The van der Waals surface area contributed by atoms with Crippen LogP contribution in [-0.2, 0) is 23.1 Å². The van der Waals surface area contributed by atoms with Crippen molar-refractivity contribution in [1.82, 2.24) is 4.31 Å². The molecule has 6 nitrogen and oxygen atoms in total. The molecule has 0 radical (unpaired) electrons. The Labute approximate surface area is 156 Å². The molecule has 0 atom stereocenters. The summed E-state index contributed by atoms with van der Waals surface area (Å²) in [5.74, 6) is 1.41. The molecule has 0 N–H and O–H groups in total. The Morgan fingerprint density at radius 2 is 1.88 bits per heavy atom. The summed E-state index contributed by atoms with van der Waals surface area (Å²) in [6.45, 7) is 0.389. The maximum Gasteiger partial charge on any atom is 0.243 e. The smallest absolute Gasteiger partial charge is 0.243 e. The number of thiophene rings is 1. The number of sulfonamides is 1. The van der Waals surface area contributed by atoms with E-state index < -0.39 is 10.0 Å². The first-order chi connectivity index (χ1) is 12.5. The van der Waals surface area contributed by atoms with Gasteiger partial charge in [-0.1, -0.05) is 0 Å². The van der Waals surface area contributed by atoms with Crippen molar-refractivity contribution < 1.29 is 22.3 Å². The van der Waals surface area contributed by atoms with Gasteiger partial charge in [-0.2, -0.15) is 15.6 Å². The summed E-state index contributed by atoms with van der Waals surface area (Å²) >= 11 is 1.53. The second kappa shape index (κ2) is 7.94. The highest BCUT2D eigenvalue weighted by atomic mass is 32.2. The van der Waals surface area contributed by atoms with Crippen molar-refractivity contribution in [1.29, 1.82) is 0 Å². The minimum atomic E-state index is -3.77. The van der Waals surface area contributed by atoms with Crippen LogP contribution in [0.1, 0.15) is 11.3 Å². The Hall–Kier alpha value is -2.29. The van der Waals surface area contributed by atoms with E-state index in [1.54, 1.807) is 18.2 Å². The highest BCUT2D eigenvalue weighted by Crippen LogP contribution is 2.31. The SMILES string of the molecule is COc1ccc(S(=O)(=O)N(Cc2ccsc2)Cc2ccco2)cc1OC. The molecule has 3 rings (SSSR count). The molecule has 0 amide bonds. The van der Waals surface area contributed by atoms with Crippen LogP contribution in [0.25, 0.3) is 0 Å². The summed E-state index contributed by atoms with van der Waals surface area (Å²) < 4.78 is 43.6. The van der Waals surface area contributed by atoms with Crippen molar-refractivity contribution in [3.63, 3.8) is 0 Å². The van der Waals surface area contributed by atoms with E-state index in [0.29, 0.717) is 17.3 Å². The molecule has 0 saturated heterocycles. The molecule has 26 heavy (non-hydrogen) atoms. The number of hydrogen-bond donors (Lipinski definition) is 0. The van der Waals surface area contributed by atoms with Gasteiger partial charge in [-0.3, -0.25) is 0 Å². The number of benzene rings is 1. The van der Waals surface area contributed by atoms with Crippen LogP contribution in [0.15, 0.2) is 62.7 Å². The normalized spacial score (nSPS) is 11.7. The van der Waals surface area contributed by atoms with Crippen molar-refractivity contribution in [3.05, 3.63) is 64.7 Å². The van der Waals surface area contributed by atoms with Crippen LogP contribution >= 0.6 is 11.3 Å². The van der Waals surface area contributed by atoms with Gasteiger partial charge in [0.1, 0.15) is 5.76 Å². The molecule has 0 saturated carbocycles. The zero-order valence-corrected chi connectivity index (χ0v) is 16.0. The van der Waals surface area contributed by atoms with Crippen molar-refractivity contribution in [3.8, 4) is 11.5 Å². The van der Waals surface area contributed by atoms with Gasteiger partial charge >= 0.3 is 0 Å². The van der Waals surface area contributed by atoms with Gasteiger partial charge in [-0.05, 0) is 46.7 Å². The Bertz CT molecular complexity index is 898. The Kier molecular flexibility index (Phi) is 5.65. The summed E-state index contributed by atoms with van der Waals surface area (Å²) in [4.78, 5) is 0.136. The lowest BCUT2D eigenvalue weighted by Crippen LogP contribution is -2.30. The van der Waals surface area contributed by atoms with Gasteiger partial charge < -0.3 is 13.9 Å². The van der Waals surface area contributed by atoms with Crippen molar-refractivity contribution in [2.75, 3.05) is 14.2 Å². The first-order valence-corrected chi connectivity index (χ1v) is 10.2. The van der Waals surface area contributed by atoms with Crippen LogP contribution in [0.4, 0.5) is 0 Å². The lowest BCUT2D eigenvalue weighted by molar-refractivity contribution is 0.350. The molecular weight excluding hydrogens is 374 g/mol. The average Bonchev–Trinajstić information content (AvgIpc) is 3.34. The first-order valence-electron chi connectivity index (χ1n) is 7.80. The van der Waals surface area contributed by atoms with Crippen LogP contribution in [-0.4, -0.2) is 26.9 Å². The number of furan rings is 1. The number of ether oxygens (including phenoxy) is 2. The van der Waals surface area contributed by atoms with E-state index in [9.17, 15) is 8.42 Å². The molecule has 0 fully saturated rings. The van der Waals surface area contributed by atoms with Gasteiger partial charge in [0.15, 0.2) is 11.5 Å². The highest BCUT2D eigenvalue weighted by molar-refractivity contribution is 7.89. The van der Waals surface area contributed by atoms with E-state index in [2.05, 4.69) is 0 Å². The van der Waals surface area contributed by atoms with Crippen molar-refractivity contribution in [2.24, 2.45) is 0 Å². The number of hydrogen-bond acceptors (Lipinski definition) is 6. The van der Waals surface area contributed by atoms with E-state index in [0.717, 1.165) is 5.56 Å². The predicted molar refractivity (Wildman–Crippen MR) is 99.0 cm³/mol. The van der Waals surface area contributed by atoms with Crippen molar-refractivity contribution in [2.45, 2.75) is 18.0 Å². The molecule has 0 aliphatic heterocycles. The first kappa shape index (κ1) is 18.5. The molecule has 138 valence electrons. The third kappa shape index (κ3) is 3.92. The molecule has 8 heteroatoms. The molecule has 2 aromatic heterocycles. The van der Waals surface area contributed by atoms with Gasteiger partial charge in [-0.15, -0.1) is 0 Å². The zero-order valence-electron chi connectivity index (χ0n) is 14.4. The number of methoxy groups -OCH3 is 2. The molecule has 1 aromatic carbocycles. The second-order valence-electron chi connectivity index (χ2n) is 5.50. The standard InChI is InChI=1S/C18H19NO5S2/c1-22-17-6-5-16(10-18(17)23-2)26(20,21)19(11-14-7-9-25-13-14)12-15-4-3-8-24-15/h3-10,13H,11-12H2,1-2H3. The quantitative estimate of drug-likeness (QED) is 0.583. The van der Waals surface area contributed by atoms with E-state index >= 15 is 0 Å². The summed E-state index contributed by atoms with van der Waals surface area (Å²) in [6, 6.07) is 9.97. The maximum atomic E-state index is 13.2. The van der Waals surface area contributed by atoms with Gasteiger partial charge in [0.05, 0.1) is 31.9 Å². The van der Waals surface area contributed by atoms with E-state index in [-0.39, 0.29) is 18.0 Å². The molecule has 2 heterocycles. The summed E-state index contributed by atoms with van der Waals surface area (Å²) in [5, 5.41) is 3.85. The van der Waals surface area contributed by atoms with Crippen LogP contribution in [0, 0.1) is 0 Å². The third-order valence-electron chi connectivity index (χ3n) is 3.84. The Morgan fingerprint density at radius 1 is 1.08 bits per heavy atom. The second-order valence-corrected chi connectivity index (χ2v) is 8.22. The van der Waals surface area contributed by atoms with E-state index in [1.165, 1.54) is 48.3 Å². The summed E-state index contributed by atoms with van der Waals surface area (Å²) in [7, 11) is -0.790. The van der Waals surface area contributed by atoms with Crippen LogP contribution in [0.3, 0.4) is 0 Å². The predicted octanol–water partition coefficient (Wildman–Crippen LogP) is 3.75. The molecule has 0 unspecified atom stereocenters. The Balaban J connectivity index is 1.97. The number of rotatable bonds is 8. The highest BCUT2D eigenvalue weighted by Gasteiger charge is 2.27. The van der Waals surface area contributed by atoms with Gasteiger partial charge in [0, 0.05) is 12.6 Å². The lowest BCUT2D eigenvalue weighted by Gasteiger charge is -2.21. The molecule has 3 aromatic rings. The van der Waals surface area contributed by atoms with Gasteiger partial charge in [0.2, 0.25) is 10.0 Å². The van der Waals surface area contributed by atoms with Gasteiger partial charge in [0.25, 0.3) is 0 Å². The molecule has 0 bridgehead atoms. The maximum absolute atomic E-state index is 13.2. The molecule has 0 spiro atoms. The van der Waals surface area contributed by atoms with Crippen molar-refractivity contribution >= 4 is 21.4 Å². The monoisotopic (exact) mass is 393 g/mol. The van der Waals surface area contributed by atoms with E-state index in [1.807, 2.05) is 16.8 Å². The summed E-state index contributed by atoms with van der Waals surface area (Å²) in [6.07, 6.45) is 1.53. The Morgan fingerprint density at radius 3 is 2.50 bits per heavy atom. The van der Waals surface area contributed by atoms with Crippen LogP contribution < -0.4 is 9.47 Å². The third-order valence-corrected chi connectivity index (χ3v) is 6.36. The van der Waals surface area contributed by atoms with Crippen LogP contribution in [0.5, 0.6) is 11.5 Å². The molecule has 0 aliphatic carbocycles. The molecule has 0 aliphatic rings. The average molecular weight is 393 g/mol. The minimum absolute atomic E-state index is 0.136. The minimum Gasteiger partial charge on any atom is -0.493 e. The van der Waals surface area contributed by atoms with Gasteiger partial charge in [-0.25, -0.2) is 8.42 Å². The lowest BCUT2D eigenvalue weighted by atomic mass is 10.3. The fourth-order valence-electron chi connectivity index (χ4n) is 2.51. The zero-order chi connectivity index (χ0) is 18.6. The number of nitrogens with zero attached hydrogens (tertiary/aromatic N) is 1. The molecular formula is C18H19NO5S2. The van der Waals surface area contributed by atoms with Crippen LogP contribution in [0.2, 0.25) is 0 Å². The van der Waals surface area contributed by atoms with E-state index in [4.69, 9.17) is 13.9 Å².